The molecule has 0 fully saturated rings. The van der Waals surface area contributed by atoms with Crippen molar-refractivity contribution in [3.8, 4) is 0 Å². The summed E-state index contributed by atoms with van der Waals surface area (Å²) < 4.78 is 4.57. The first-order chi connectivity index (χ1) is 10.0. The van der Waals surface area contributed by atoms with Crippen molar-refractivity contribution in [2.75, 3.05) is 7.11 Å². The van der Waals surface area contributed by atoms with E-state index in [1.807, 2.05) is 12.1 Å². The Hall–Kier alpha value is -1.98. The van der Waals surface area contributed by atoms with E-state index < -0.39 is 11.9 Å². The number of carbonyl (C=O) groups is 2. The summed E-state index contributed by atoms with van der Waals surface area (Å²) >= 11 is 7.20. The Morgan fingerprint density at radius 1 is 1.05 bits per heavy atom. The minimum atomic E-state index is -1.17. The largest absolute Gasteiger partial charge is 0.478 e. The van der Waals surface area contributed by atoms with Crippen molar-refractivity contribution in [2.24, 2.45) is 0 Å². The normalized spacial score (nSPS) is 10.2. The number of rotatable bonds is 4. The second-order valence-corrected chi connectivity index (χ2v) is 5.64. The van der Waals surface area contributed by atoms with E-state index in [0.717, 1.165) is 4.90 Å². The highest BCUT2D eigenvalue weighted by atomic mass is 35.5. The Balaban J connectivity index is 2.33. The van der Waals surface area contributed by atoms with E-state index in [0.29, 0.717) is 9.92 Å². The molecular formula is C15H11ClO4S. The highest BCUT2D eigenvalue weighted by Crippen LogP contribution is 2.30. The summed E-state index contributed by atoms with van der Waals surface area (Å²) in [5.74, 6) is -1.84. The van der Waals surface area contributed by atoms with Gasteiger partial charge in [-0.25, -0.2) is 9.59 Å². The topological polar surface area (TPSA) is 63.6 Å². The number of ether oxygens (including phenoxy) is 1. The minimum absolute atomic E-state index is 0.0328. The summed E-state index contributed by atoms with van der Waals surface area (Å²) in [5.41, 5.74) is -0.0498. The smallest absolute Gasteiger partial charge is 0.338 e. The molecule has 0 spiro atoms. The summed E-state index contributed by atoms with van der Waals surface area (Å²) in [5, 5.41) is 9.83. The molecule has 0 aliphatic carbocycles. The fraction of sp³-hybridized carbons (Fsp3) is 0.0667. The summed E-state index contributed by atoms with van der Waals surface area (Å²) in [6.07, 6.45) is 0. The fourth-order valence-corrected chi connectivity index (χ4v) is 2.67. The standard InChI is InChI=1S/C15H11ClO4S/c1-20-15(19)12-7-6-11(8-13(12)14(17)18)21-10-4-2-9(16)3-5-10/h2-8H,1H3,(H,17,18). The Bertz CT molecular complexity index is 683. The van der Waals surface area contributed by atoms with Crippen LogP contribution in [-0.2, 0) is 4.74 Å². The second kappa shape index (κ2) is 6.65. The van der Waals surface area contributed by atoms with Crippen molar-refractivity contribution in [2.45, 2.75) is 9.79 Å². The van der Waals surface area contributed by atoms with Crippen LogP contribution in [0.2, 0.25) is 5.02 Å². The molecule has 2 aromatic rings. The molecule has 1 N–H and O–H groups in total. The van der Waals surface area contributed by atoms with Crippen LogP contribution in [-0.4, -0.2) is 24.2 Å². The SMILES string of the molecule is COC(=O)c1ccc(Sc2ccc(Cl)cc2)cc1C(=O)O. The number of aromatic carboxylic acids is 1. The Morgan fingerprint density at radius 2 is 1.67 bits per heavy atom. The van der Waals surface area contributed by atoms with Crippen LogP contribution < -0.4 is 0 Å². The van der Waals surface area contributed by atoms with E-state index in [9.17, 15) is 14.7 Å². The lowest BCUT2D eigenvalue weighted by Crippen LogP contribution is -2.10. The molecule has 0 saturated heterocycles. The third kappa shape index (κ3) is 3.77. The average molecular weight is 323 g/mol. The van der Waals surface area contributed by atoms with Gasteiger partial charge in [-0.15, -0.1) is 0 Å². The molecule has 2 aromatic carbocycles. The lowest BCUT2D eigenvalue weighted by atomic mass is 10.1. The minimum Gasteiger partial charge on any atom is -0.478 e. The summed E-state index contributed by atoms with van der Waals surface area (Å²) in [6.45, 7) is 0. The Labute approximate surface area is 130 Å². The molecule has 0 aromatic heterocycles. The molecule has 0 radical (unpaired) electrons. The first-order valence-electron chi connectivity index (χ1n) is 5.90. The third-order valence-electron chi connectivity index (χ3n) is 2.68. The number of carbonyl (C=O) groups excluding carboxylic acids is 1. The van der Waals surface area contributed by atoms with Crippen molar-refractivity contribution in [1.29, 1.82) is 0 Å². The number of benzene rings is 2. The number of halogens is 1. The number of esters is 1. The zero-order valence-corrected chi connectivity index (χ0v) is 12.6. The highest BCUT2D eigenvalue weighted by Gasteiger charge is 2.17. The average Bonchev–Trinajstić information content (AvgIpc) is 2.48. The van der Waals surface area contributed by atoms with Crippen LogP contribution >= 0.6 is 23.4 Å². The van der Waals surface area contributed by atoms with Crippen LogP contribution in [0.1, 0.15) is 20.7 Å². The van der Waals surface area contributed by atoms with Gasteiger partial charge in [0.25, 0.3) is 0 Å². The Morgan fingerprint density at radius 3 is 2.24 bits per heavy atom. The molecular weight excluding hydrogens is 312 g/mol. The lowest BCUT2D eigenvalue weighted by Gasteiger charge is -2.07. The zero-order chi connectivity index (χ0) is 15.4. The maximum atomic E-state index is 11.5. The van der Waals surface area contributed by atoms with Gasteiger partial charge in [0.1, 0.15) is 0 Å². The zero-order valence-electron chi connectivity index (χ0n) is 11.0. The van der Waals surface area contributed by atoms with Gasteiger partial charge >= 0.3 is 11.9 Å². The van der Waals surface area contributed by atoms with Gasteiger partial charge in [-0.1, -0.05) is 23.4 Å². The van der Waals surface area contributed by atoms with E-state index in [4.69, 9.17) is 11.6 Å². The summed E-state index contributed by atoms with van der Waals surface area (Å²) in [4.78, 5) is 24.4. The molecule has 0 aliphatic heterocycles. The Kier molecular flexibility index (Phi) is 4.88. The first kappa shape index (κ1) is 15.4. The van der Waals surface area contributed by atoms with Gasteiger partial charge in [-0.2, -0.15) is 0 Å². The van der Waals surface area contributed by atoms with E-state index in [-0.39, 0.29) is 11.1 Å². The van der Waals surface area contributed by atoms with Gasteiger partial charge in [0.15, 0.2) is 0 Å². The first-order valence-corrected chi connectivity index (χ1v) is 7.10. The predicted molar refractivity (Wildman–Crippen MR) is 80.3 cm³/mol. The fourth-order valence-electron chi connectivity index (χ4n) is 1.69. The number of hydrogen-bond donors (Lipinski definition) is 1. The van der Waals surface area contributed by atoms with Gasteiger partial charge in [-0.05, 0) is 42.5 Å². The molecule has 0 unspecified atom stereocenters. The molecule has 0 atom stereocenters. The lowest BCUT2D eigenvalue weighted by molar-refractivity contribution is 0.0582. The van der Waals surface area contributed by atoms with Crippen LogP contribution in [0.25, 0.3) is 0 Å². The molecule has 4 nitrogen and oxygen atoms in total. The molecule has 0 saturated carbocycles. The maximum Gasteiger partial charge on any atom is 0.338 e. The quantitative estimate of drug-likeness (QED) is 0.863. The predicted octanol–water partition coefficient (Wildman–Crippen LogP) is 3.98. The molecule has 0 amide bonds. The highest BCUT2D eigenvalue weighted by molar-refractivity contribution is 7.99. The van der Waals surface area contributed by atoms with Crippen LogP contribution in [0, 0.1) is 0 Å². The van der Waals surface area contributed by atoms with Gasteiger partial charge in [0.2, 0.25) is 0 Å². The maximum absolute atomic E-state index is 11.5. The molecule has 21 heavy (non-hydrogen) atoms. The van der Waals surface area contributed by atoms with E-state index in [2.05, 4.69) is 4.74 Å². The number of carboxylic acids is 1. The van der Waals surface area contributed by atoms with Gasteiger partial charge in [0.05, 0.1) is 18.2 Å². The third-order valence-corrected chi connectivity index (χ3v) is 3.93. The van der Waals surface area contributed by atoms with Crippen molar-refractivity contribution in [1.82, 2.24) is 0 Å². The van der Waals surface area contributed by atoms with Crippen molar-refractivity contribution >= 4 is 35.3 Å². The van der Waals surface area contributed by atoms with Crippen molar-refractivity contribution in [3.05, 3.63) is 58.6 Å². The van der Waals surface area contributed by atoms with Crippen LogP contribution in [0.5, 0.6) is 0 Å². The van der Waals surface area contributed by atoms with Gasteiger partial charge in [0, 0.05) is 14.8 Å². The molecule has 2 rings (SSSR count). The molecule has 0 heterocycles. The number of methoxy groups -OCH3 is 1. The van der Waals surface area contributed by atoms with E-state index >= 15 is 0 Å². The monoisotopic (exact) mass is 322 g/mol. The van der Waals surface area contributed by atoms with Gasteiger partial charge in [-0.3, -0.25) is 0 Å². The van der Waals surface area contributed by atoms with E-state index in [1.54, 1.807) is 18.2 Å². The molecule has 0 bridgehead atoms. The van der Waals surface area contributed by atoms with E-state index in [1.165, 1.54) is 31.0 Å². The molecule has 0 aliphatic rings. The second-order valence-electron chi connectivity index (χ2n) is 4.06. The van der Waals surface area contributed by atoms with Gasteiger partial charge < -0.3 is 9.84 Å². The van der Waals surface area contributed by atoms with Crippen LogP contribution in [0.15, 0.2) is 52.3 Å². The van der Waals surface area contributed by atoms with Crippen LogP contribution in [0.3, 0.4) is 0 Å². The molecule has 108 valence electrons. The summed E-state index contributed by atoms with van der Waals surface area (Å²) in [7, 11) is 1.21. The summed E-state index contributed by atoms with van der Waals surface area (Å²) in [6, 6.07) is 11.8. The van der Waals surface area contributed by atoms with Crippen molar-refractivity contribution in [3.63, 3.8) is 0 Å². The molecule has 6 heteroatoms. The van der Waals surface area contributed by atoms with Crippen molar-refractivity contribution < 1.29 is 19.4 Å². The number of hydrogen-bond acceptors (Lipinski definition) is 4. The van der Waals surface area contributed by atoms with Crippen LogP contribution in [0.4, 0.5) is 0 Å². The number of carboxylic acid groups (broad SMARTS) is 1.